The maximum atomic E-state index is 14.7. The minimum atomic E-state index is -4.21. The average molecular weight is 658 g/mol. The van der Waals surface area contributed by atoms with Gasteiger partial charge in [-0.3, -0.25) is 14.0 Å². The number of benzene rings is 1. The lowest BCUT2D eigenvalue weighted by Crippen LogP contribution is -2.50. The van der Waals surface area contributed by atoms with E-state index in [9.17, 15) is 23.3 Å². The van der Waals surface area contributed by atoms with Gasteiger partial charge in [0.25, 0.3) is 0 Å². The van der Waals surface area contributed by atoms with Crippen LogP contribution in [-0.4, -0.2) is 95.6 Å². The molecule has 0 N–H and O–H groups in total. The Labute approximate surface area is 275 Å². The molecule has 12 nitrogen and oxygen atoms in total. The number of methoxy groups -OCH3 is 1. The SMILES string of the molecule is C=CC(=O)N1CC=C(c2cnc3c(N4CCN(C(=O)C(C)C)CC4)cc(S(=O)(=O)N(Cc4ccc(OC)cc4)C4(C#N)CC4)cn23)C1. The summed E-state index contributed by atoms with van der Waals surface area (Å²) in [6.45, 7) is 10.1. The molecular formula is C34H39N7O5S. The van der Waals surface area contributed by atoms with Gasteiger partial charge in [-0.15, -0.1) is 0 Å². The zero-order valence-electron chi connectivity index (χ0n) is 26.9. The van der Waals surface area contributed by atoms with E-state index < -0.39 is 15.6 Å². The summed E-state index contributed by atoms with van der Waals surface area (Å²) in [5.41, 5.74) is 2.29. The molecule has 0 radical (unpaired) electrons. The Morgan fingerprint density at radius 2 is 1.85 bits per heavy atom. The molecule has 0 spiro atoms. The fraction of sp³-hybridized carbons (Fsp3) is 0.412. The molecule has 0 atom stereocenters. The van der Waals surface area contributed by atoms with Crippen LogP contribution in [0.25, 0.3) is 11.2 Å². The average Bonchev–Trinajstić information content (AvgIpc) is 3.50. The van der Waals surface area contributed by atoms with Gasteiger partial charge in [0.15, 0.2) is 5.65 Å². The zero-order valence-corrected chi connectivity index (χ0v) is 27.7. The van der Waals surface area contributed by atoms with Crippen molar-refractivity contribution < 1.29 is 22.7 Å². The van der Waals surface area contributed by atoms with Gasteiger partial charge in [0, 0.05) is 57.9 Å². The summed E-state index contributed by atoms with van der Waals surface area (Å²) in [4.78, 5) is 35.4. The van der Waals surface area contributed by atoms with Crippen molar-refractivity contribution in [1.29, 1.82) is 5.26 Å². The van der Waals surface area contributed by atoms with Gasteiger partial charge in [-0.2, -0.15) is 9.57 Å². The predicted molar refractivity (Wildman–Crippen MR) is 177 cm³/mol. The second-order valence-corrected chi connectivity index (χ2v) is 14.4. The molecule has 2 aromatic heterocycles. The van der Waals surface area contributed by atoms with E-state index in [4.69, 9.17) is 9.72 Å². The molecule has 1 saturated heterocycles. The molecule has 0 bridgehead atoms. The lowest BCUT2D eigenvalue weighted by molar-refractivity contribution is -0.134. The minimum absolute atomic E-state index is 0.0177. The normalized spacial score (nSPS) is 17.6. The minimum Gasteiger partial charge on any atom is -0.497 e. The van der Waals surface area contributed by atoms with Crippen LogP contribution in [0.1, 0.15) is 37.9 Å². The van der Waals surface area contributed by atoms with E-state index in [0.29, 0.717) is 74.9 Å². The number of carbonyl (C=O) groups excluding carboxylic acids is 2. The third kappa shape index (κ3) is 5.99. The van der Waals surface area contributed by atoms with Crippen LogP contribution < -0.4 is 9.64 Å². The first kappa shape index (κ1) is 32.3. The Hall–Kier alpha value is -4.67. The summed E-state index contributed by atoms with van der Waals surface area (Å²) >= 11 is 0. The molecule has 3 aliphatic rings. The molecule has 47 heavy (non-hydrogen) atoms. The first-order chi connectivity index (χ1) is 22.5. The maximum absolute atomic E-state index is 14.7. The highest BCUT2D eigenvalue weighted by Crippen LogP contribution is 2.45. The van der Waals surface area contributed by atoms with Crippen molar-refractivity contribution in [1.82, 2.24) is 23.5 Å². The lowest BCUT2D eigenvalue weighted by Gasteiger charge is -2.37. The molecule has 0 unspecified atom stereocenters. The summed E-state index contributed by atoms with van der Waals surface area (Å²) in [5.74, 6) is 0.428. The fourth-order valence-electron chi connectivity index (χ4n) is 6.25. The third-order valence-corrected chi connectivity index (χ3v) is 11.1. The van der Waals surface area contributed by atoms with Gasteiger partial charge in [-0.25, -0.2) is 13.4 Å². The summed E-state index contributed by atoms with van der Waals surface area (Å²) in [6.07, 6.45) is 7.37. The molecule has 1 aliphatic carbocycles. The highest BCUT2D eigenvalue weighted by atomic mass is 32.2. The van der Waals surface area contributed by atoms with E-state index >= 15 is 0 Å². The van der Waals surface area contributed by atoms with E-state index in [2.05, 4.69) is 17.5 Å². The molecule has 2 fully saturated rings. The van der Waals surface area contributed by atoms with Crippen LogP contribution in [0.5, 0.6) is 5.75 Å². The number of carbonyl (C=O) groups is 2. The first-order valence-corrected chi connectivity index (χ1v) is 17.2. The smallest absolute Gasteiger partial charge is 0.246 e. The second-order valence-electron chi connectivity index (χ2n) is 12.5. The molecule has 13 heteroatoms. The number of amides is 2. The molecule has 246 valence electrons. The number of nitriles is 1. The van der Waals surface area contributed by atoms with Crippen molar-refractivity contribution in [2.24, 2.45) is 5.92 Å². The highest BCUT2D eigenvalue weighted by Gasteiger charge is 2.54. The van der Waals surface area contributed by atoms with Crippen LogP contribution in [0.2, 0.25) is 0 Å². The second kappa shape index (κ2) is 12.5. The summed E-state index contributed by atoms with van der Waals surface area (Å²) in [5, 5.41) is 10.2. The largest absolute Gasteiger partial charge is 0.497 e. The number of pyridine rings is 1. The quantitative estimate of drug-likeness (QED) is 0.304. The zero-order chi connectivity index (χ0) is 33.5. The number of imidazole rings is 1. The highest BCUT2D eigenvalue weighted by molar-refractivity contribution is 7.89. The lowest BCUT2D eigenvalue weighted by atomic mass is 10.1. The molecule has 3 aromatic rings. The van der Waals surface area contributed by atoms with Gasteiger partial charge in [0.05, 0.1) is 30.8 Å². The number of anilines is 1. The molecule has 4 heterocycles. The Morgan fingerprint density at radius 3 is 2.45 bits per heavy atom. The van der Waals surface area contributed by atoms with Crippen LogP contribution in [0.4, 0.5) is 5.69 Å². The Morgan fingerprint density at radius 1 is 1.15 bits per heavy atom. The number of sulfonamides is 1. The number of aromatic nitrogens is 2. The molecule has 2 aliphatic heterocycles. The van der Waals surface area contributed by atoms with Gasteiger partial charge in [0.2, 0.25) is 21.8 Å². The fourth-order valence-corrected chi connectivity index (χ4v) is 8.01. The van der Waals surface area contributed by atoms with Crippen molar-refractivity contribution in [2.75, 3.05) is 51.3 Å². The summed E-state index contributed by atoms with van der Waals surface area (Å²) in [7, 11) is -2.65. The Kier molecular flexibility index (Phi) is 8.59. The topological polar surface area (TPSA) is 132 Å². The number of fused-ring (bicyclic) bond motifs is 1. The summed E-state index contributed by atoms with van der Waals surface area (Å²) < 4.78 is 37.8. The number of hydrogen-bond donors (Lipinski definition) is 0. The number of hydrogen-bond acceptors (Lipinski definition) is 8. The van der Waals surface area contributed by atoms with Gasteiger partial charge >= 0.3 is 0 Å². The summed E-state index contributed by atoms with van der Waals surface area (Å²) in [6, 6.07) is 11.1. The molecule has 1 saturated carbocycles. The van der Waals surface area contributed by atoms with Crippen molar-refractivity contribution >= 4 is 38.7 Å². The van der Waals surface area contributed by atoms with E-state index in [1.807, 2.05) is 24.8 Å². The van der Waals surface area contributed by atoms with Gasteiger partial charge in [-0.1, -0.05) is 38.6 Å². The Bertz CT molecular complexity index is 1900. The van der Waals surface area contributed by atoms with Crippen molar-refractivity contribution in [3.8, 4) is 11.8 Å². The number of ether oxygens (including phenoxy) is 1. The predicted octanol–water partition coefficient (Wildman–Crippen LogP) is 3.31. The molecule has 1 aromatic carbocycles. The monoisotopic (exact) mass is 657 g/mol. The van der Waals surface area contributed by atoms with Crippen LogP contribution in [0, 0.1) is 17.2 Å². The maximum Gasteiger partial charge on any atom is 0.246 e. The van der Waals surface area contributed by atoms with Crippen molar-refractivity contribution in [3.05, 3.63) is 72.7 Å². The van der Waals surface area contributed by atoms with Gasteiger partial charge < -0.3 is 19.4 Å². The van der Waals surface area contributed by atoms with Crippen LogP contribution in [-0.2, 0) is 26.2 Å². The Balaban J connectivity index is 1.43. The number of piperazine rings is 1. The van der Waals surface area contributed by atoms with E-state index in [1.54, 1.807) is 59.1 Å². The van der Waals surface area contributed by atoms with Crippen LogP contribution >= 0.6 is 0 Å². The first-order valence-electron chi connectivity index (χ1n) is 15.7. The van der Waals surface area contributed by atoms with Gasteiger partial charge in [0.1, 0.15) is 16.2 Å². The van der Waals surface area contributed by atoms with E-state index in [-0.39, 0.29) is 29.2 Å². The molecule has 6 rings (SSSR count). The van der Waals surface area contributed by atoms with Crippen LogP contribution in [0.3, 0.4) is 0 Å². The van der Waals surface area contributed by atoms with E-state index in [1.165, 1.54) is 10.4 Å². The third-order valence-electron chi connectivity index (χ3n) is 9.20. The molecule has 2 amide bonds. The number of nitrogens with zero attached hydrogens (tertiary/aromatic N) is 7. The van der Waals surface area contributed by atoms with E-state index in [0.717, 1.165) is 11.1 Å². The molecular weight excluding hydrogens is 618 g/mol. The van der Waals surface area contributed by atoms with Gasteiger partial charge in [-0.05, 0) is 48.3 Å². The number of rotatable bonds is 10. The standard InChI is InChI=1S/C34H39N7O5S/c1-5-31(42)39-13-10-26(21-39)30-19-36-32-29(37-14-16-38(17-15-37)33(43)24(2)3)18-28(22-40(30)32)47(44,45)41(34(23-35)11-12-34)20-25-6-8-27(46-4)9-7-25/h5-10,18-19,22,24H,1,11-17,20-21H2,2-4H3. The van der Waals surface area contributed by atoms with Crippen molar-refractivity contribution in [2.45, 2.75) is 43.7 Å². The van der Waals surface area contributed by atoms with Crippen LogP contribution in [0.15, 0.2) is 66.4 Å². The van der Waals surface area contributed by atoms with Crippen molar-refractivity contribution in [3.63, 3.8) is 0 Å².